The van der Waals surface area contributed by atoms with Crippen LogP contribution >= 0.6 is 0 Å². The monoisotopic (exact) mass is 761 g/mol. The third kappa shape index (κ3) is 11.5. The van der Waals surface area contributed by atoms with Gasteiger partial charge >= 0.3 is 0 Å². The van der Waals surface area contributed by atoms with Crippen LogP contribution in [0.1, 0.15) is 131 Å². The highest BCUT2D eigenvalue weighted by atomic mass is 28.4. The molecule has 0 radical (unpaired) electrons. The molecule has 1 heterocycles. The number of rotatable bonds is 18. The minimum atomic E-state index is -2.39. The Morgan fingerprint density at radius 2 is 1.52 bits per heavy atom. The van der Waals surface area contributed by atoms with Crippen molar-refractivity contribution in [3.8, 4) is 17.2 Å². The summed E-state index contributed by atoms with van der Waals surface area (Å²) < 4.78 is 34.5. The summed E-state index contributed by atoms with van der Waals surface area (Å²) in [6.07, 6.45) is 5.87. The van der Waals surface area contributed by atoms with Gasteiger partial charge in [-0.15, -0.1) is 13.2 Å². The topological polar surface area (TPSA) is 66.4 Å². The molecule has 6 nitrogen and oxygen atoms in total. The van der Waals surface area contributed by atoms with E-state index in [4.69, 9.17) is 23.1 Å². The summed E-state index contributed by atoms with van der Waals surface area (Å²) in [6.45, 7) is 44.2. The third-order valence-electron chi connectivity index (χ3n) is 12.7. The Morgan fingerprint density at radius 1 is 0.962 bits per heavy atom. The molecule has 1 aliphatic heterocycles. The van der Waals surface area contributed by atoms with Gasteiger partial charge in [0.05, 0.1) is 38.6 Å². The predicted molar refractivity (Wildman–Crippen MR) is 226 cm³/mol. The minimum Gasteiger partial charge on any atom is -0.541 e. The fourth-order valence-corrected chi connectivity index (χ4v) is 9.61. The first kappa shape index (κ1) is 46.6. The van der Waals surface area contributed by atoms with Crippen LogP contribution in [0.15, 0.2) is 24.8 Å². The summed E-state index contributed by atoms with van der Waals surface area (Å²) in [7, 11) is -1.09. The van der Waals surface area contributed by atoms with Gasteiger partial charge in [-0.2, -0.15) is 0 Å². The van der Waals surface area contributed by atoms with Gasteiger partial charge < -0.3 is 28.2 Å². The summed E-state index contributed by atoms with van der Waals surface area (Å²) in [6, 6.07) is 0. The van der Waals surface area contributed by atoms with Gasteiger partial charge in [0.15, 0.2) is 19.8 Å². The van der Waals surface area contributed by atoms with Gasteiger partial charge in [-0.05, 0) is 93.5 Å². The molecular weight excluding hydrogens is 681 g/mol. The number of hydrogen-bond donors (Lipinski definition) is 1. The SMILES string of the molecule is C=C[C@@H](C)CC[C@H]1O[C@@H](c2c(CC(O)[C@@H](C)C[C@H](C)CC(=C)C)c(OC)c(C)c(OC)c2O[Si](C)(C)C(C)(C)C)C[C@@H](O[Si](C)(C)C(C)(C)C)[C@H]1C. The van der Waals surface area contributed by atoms with E-state index < -0.39 is 22.7 Å². The van der Waals surface area contributed by atoms with E-state index in [-0.39, 0.29) is 40.2 Å². The van der Waals surface area contributed by atoms with E-state index in [0.717, 1.165) is 53.9 Å². The van der Waals surface area contributed by atoms with Crippen LogP contribution in [-0.4, -0.2) is 54.3 Å². The molecule has 8 atom stereocenters. The van der Waals surface area contributed by atoms with E-state index in [1.807, 2.05) is 13.0 Å². The number of benzene rings is 1. The van der Waals surface area contributed by atoms with Crippen LogP contribution in [0, 0.1) is 30.6 Å². The average molecular weight is 761 g/mol. The zero-order chi connectivity index (χ0) is 40.1. The average Bonchev–Trinajstić information content (AvgIpc) is 2.99. The highest BCUT2D eigenvalue weighted by Crippen LogP contribution is 2.54. The normalized spacial score (nSPS) is 22.7. The largest absolute Gasteiger partial charge is 0.541 e. The lowest BCUT2D eigenvalue weighted by atomic mass is 9.81. The second-order valence-electron chi connectivity index (χ2n) is 19.5. The molecule has 1 fully saturated rings. The molecule has 1 saturated heterocycles. The first-order valence-corrected chi connectivity index (χ1v) is 25.8. The number of ether oxygens (including phenoxy) is 3. The summed E-state index contributed by atoms with van der Waals surface area (Å²) in [5.74, 6) is 3.22. The van der Waals surface area contributed by atoms with Crippen LogP contribution in [0.2, 0.25) is 36.3 Å². The lowest BCUT2D eigenvalue weighted by molar-refractivity contribution is -0.132. The van der Waals surface area contributed by atoms with Gasteiger partial charge in [0, 0.05) is 35.4 Å². The zero-order valence-corrected chi connectivity index (χ0v) is 38.8. The molecule has 300 valence electrons. The van der Waals surface area contributed by atoms with Crippen LogP contribution < -0.4 is 13.9 Å². The molecule has 0 spiro atoms. The number of allylic oxidation sites excluding steroid dienone is 2. The molecule has 52 heavy (non-hydrogen) atoms. The van der Waals surface area contributed by atoms with Crippen molar-refractivity contribution in [3.63, 3.8) is 0 Å². The van der Waals surface area contributed by atoms with Crippen molar-refractivity contribution in [2.75, 3.05) is 14.2 Å². The van der Waals surface area contributed by atoms with Crippen LogP contribution in [0.5, 0.6) is 17.2 Å². The molecule has 0 aromatic heterocycles. The molecule has 1 aliphatic rings. The second-order valence-corrected chi connectivity index (χ2v) is 29.0. The summed E-state index contributed by atoms with van der Waals surface area (Å²) in [4.78, 5) is 0. The molecular formula is C44H80O6Si2. The van der Waals surface area contributed by atoms with Crippen molar-refractivity contribution >= 4 is 16.6 Å². The van der Waals surface area contributed by atoms with E-state index in [1.54, 1.807) is 14.2 Å². The minimum absolute atomic E-state index is 0.0117. The maximum absolute atomic E-state index is 12.0. The standard InChI is InChI=1S/C44H80O6Si2/c1-21-29(4)22-23-36-32(7)37(49-51(17,18)43(9,10)11)27-38(48-36)39-34(26-35(45)31(6)25-30(5)24-28(2)3)40(46-15)33(8)41(47-16)42(39)50-52(19,20)44(12,13)14/h21,29-32,35-38,45H,1-2,22-27H2,3-20H3/t29-,30-,31+,32+,35?,36-,37-,38-/m1/s1. The van der Waals surface area contributed by atoms with Crippen molar-refractivity contribution in [1.29, 1.82) is 0 Å². The Morgan fingerprint density at radius 3 is 2.00 bits per heavy atom. The molecule has 1 N–H and O–H groups in total. The Balaban J connectivity index is 2.95. The van der Waals surface area contributed by atoms with E-state index in [2.05, 4.69) is 116 Å². The molecule has 0 amide bonds. The number of methoxy groups -OCH3 is 2. The van der Waals surface area contributed by atoms with Gasteiger partial charge in [0.1, 0.15) is 5.75 Å². The molecule has 1 unspecified atom stereocenters. The van der Waals surface area contributed by atoms with Gasteiger partial charge in [0.25, 0.3) is 8.32 Å². The summed E-state index contributed by atoms with van der Waals surface area (Å²) in [5, 5.41) is 12.0. The molecule has 2 rings (SSSR count). The van der Waals surface area contributed by atoms with E-state index in [1.165, 1.54) is 5.57 Å². The molecule has 8 heteroatoms. The van der Waals surface area contributed by atoms with Crippen LogP contribution in [-0.2, 0) is 15.6 Å². The third-order valence-corrected chi connectivity index (χ3v) is 21.5. The van der Waals surface area contributed by atoms with E-state index >= 15 is 0 Å². The highest BCUT2D eigenvalue weighted by molar-refractivity contribution is 6.75. The number of aliphatic hydroxyl groups is 1. The smallest absolute Gasteiger partial charge is 0.250 e. The first-order valence-electron chi connectivity index (χ1n) is 20.0. The molecule has 0 bridgehead atoms. The van der Waals surface area contributed by atoms with Gasteiger partial charge in [0.2, 0.25) is 0 Å². The molecule has 1 aromatic carbocycles. The maximum Gasteiger partial charge on any atom is 0.250 e. The predicted octanol–water partition coefficient (Wildman–Crippen LogP) is 12.4. The van der Waals surface area contributed by atoms with Crippen molar-refractivity contribution in [3.05, 3.63) is 41.5 Å². The van der Waals surface area contributed by atoms with Crippen LogP contribution in [0.25, 0.3) is 0 Å². The Bertz CT molecular complexity index is 1340. The van der Waals surface area contributed by atoms with Gasteiger partial charge in [-0.3, -0.25) is 0 Å². The summed E-state index contributed by atoms with van der Waals surface area (Å²) in [5.41, 5.74) is 3.95. The molecule has 1 aromatic rings. The lowest BCUT2D eigenvalue weighted by Crippen LogP contribution is -2.50. The highest BCUT2D eigenvalue weighted by Gasteiger charge is 2.47. The quantitative estimate of drug-likeness (QED) is 0.119. The van der Waals surface area contributed by atoms with Crippen molar-refractivity contribution in [2.24, 2.45) is 23.7 Å². The van der Waals surface area contributed by atoms with Crippen molar-refractivity contribution in [2.45, 2.75) is 182 Å². The van der Waals surface area contributed by atoms with E-state index in [9.17, 15) is 5.11 Å². The Labute approximate surface area is 322 Å². The number of aliphatic hydroxyl groups excluding tert-OH is 1. The van der Waals surface area contributed by atoms with Crippen molar-refractivity contribution < 1.29 is 28.2 Å². The fraction of sp³-hybridized carbons (Fsp3) is 0.773. The molecule has 0 saturated carbocycles. The fourth-order valence-electron chi connectivity index (χ4n) is 7.16. The Kier molecular flexibility index (Phi) is 16.4. The molecule has 0 aliphatic carbocycles. The first-order chi connectivity index (χ1) is 23.7. The lowest BCUT2D eigenvalue weighted by Gasteiger charge is -2.47. The van der Waals surface area contributed by atoms with Crippen LogP contribution in [0.3, 0.4) is 0 Å². The maximum atomic E-state index is 12.0. The zero-order valence-electron chi connectivity index (χ0n) is 36.8. The van der Waals surface area contributed by atoms with Gasteiger partial charge in [-0.25, -0.2) is 0 Å². The van der Waals surface area contributed by atoms with Gasteiger partial charge in [-0.1, -0.05) is 80.9 Å². The Hall–Kier alpha value is -1.59. The summed E-state index contributed by atoms with van der Waals surface area (Å²) >= 11 is 0. The van der Waals surface area contributed by atoms with E-state index in [0.29, 0.717) is 30.4 Å². The van der Waals surface area contributed by atoms with Crippen molar-refractivity contribution in [1.82, 2.24) is 0 Å². The van der Waals surface area contributed by atoms with Crippen LogP contribution in [0.4, 0.5) is 0 Å². The number of hydrogen-bond acceptors (Lipinski definition) is 6. The second kappa shape index (κ2) is 18.4.